The van der Waals surface area contributed by atoms with Crippen LogP contribution in [0.5, 0.6) is 0 Å². The maximum Gasteiger partial charge on any atom is 0.416 e. The second kappa shape index (κ2) is 15.0. The first-order valence-electron chi connectivity index (χ1n) is 20.6. The zero-order valence-electron chi connectivity index (χ0n) is 35.4. The molecule has 0 bridgehead atoms. The Morgan fingerprint density at radius 2 is 0.774 bits per heavy atom. The second-order valence-electron chi connectivity index (χ2n) is 17.9. The van der Waals surface area contributed by atoms with Crippen LogP contribution >= 0.6 is 0 Å². The fraction of sp³-hybridized carbons (Fsp3) is 0.161. The predicted octanol–water partition coefficient (Wildman–Crippen LogP) is 14.1. The van der Waals surface area contributed by atoms with E-state index in [0.717, 1.165) is 79.2 Å². The van der Waals surface area contributed by atoms with E-state index in [4.69, 9.17) is 0 Å². The van der Waals surface area contributed by atoms with E-state index in [0.29, 0.717) is 11.3 Å². The maximum atomic E-state index is 13.6. The molecule has 0 saturated heterocycles. The van der Waals surface area contributed by atoms with Crippen molar-refractivity contribution < 1.29 is 18.0 Å². The number of alkyl halides is 3. The molecule has 0 amide bonds. The summed E-state index contributed by atoms with van der Waals surface area (Å²) in [4.78, 5) is 11.1. The lowest BCUT2D eigenvalue weighted by atomic mass is 9.85. The molecule has 0 aliphatic carbocycles. The minimum absolute atomic E-state index is 0.0146. The van der Waals surface area contributed by atoms with Crippen molar-refractivity contribution >= 4 is 49.9 Å². The third-order valence-corrected chi connectivity index (χ3v) is 11.6. The number of carbonyl (C=O) groups is 1. The van der Waals surface area contributed by atoms with Crippen molar-refractivity contribution in [3.8, 4) is 35.1 Å². The number of nitrogens with zero attached hydrogens (tertiary/aromatic N) is 2. The van der Waals surface area contributed by atoms with Crippen LogP contribution in [0.2, 0.25) is 0 Å². The fourth-order valence-corrected chi connectivity index (χ4v) is 8.11. The van der Waals surface area contributed by atoms with Gasteiger partial charge in [0.1, 0.15) is 6.29 Å². The third kappa shape index (κ3) is 7.54. The van der Waals surface area contributed by atoms with Crippen LogP contribution in [-0.2, 0) is 17.0 Å². The minimum Gasteiger partial charge on any atom is -0.309 e. The van der Waals surface area contributed by atoms with Gasteiger partial charge < -0.3 is 9.13 Å². The molecule has 3 nitrogen and oxygen atoms in total. The first-order chi connectivity index (χ1) is 29.5. The molecular weight excluding hydrogens is 774 g/mol. The summed E-state index contributed by atoms with van der Waals surface area (Å²) in [5.41, 5.74) is 11.1. The molecule has 9 aromatic rings. The Hall–Kier alpha value is -7.28. The Morgan fingerprint density at radius 1 is 0.403 bits per heavy atom. The van der Waals surface area contributed by atoms with E-state index in [-0.39, 0.29) is 10.8 Å². The number of hydrogen-bond acceptors (Lipinski definition) is 1. The normalized spacial score (nSPS) is 12.1. The van der Waals surface area contributed by atoms with E-state index in [1.54, 1.807) is 24.3 Å². The molecule has 0 saturated carbocycles. The molecule has 9 rings (SSSR count). The van der Waals surface area contributed by atoms with Gasteiger partial charge >= 0.3 is 6.18 Å². The predicted molar refractivity (Wildman–Crippen MR) is 248 cm³/mol. The third-order valence-electron chi connectivity index (χ3n) is 11.6. The van der Waals surface area contributed by atoms with E-state index in [1.807, 2.05) is 53.1 Å². The van der Waals surface area contributed by atoms with Crippen molar-refractivity contribution in [3.63, 3.8) is 0 Å². The lowest BCUT2D eigenvalue weighted by molar-refractivity contribution is -0.137. The SMILES string of the molecule is CC(C)(C)c1ccc2c(c1)c1cc(C(C)(C)C)ccc1n2-c1ccc(C#Cc2ccc3c4ccc(C#Cc5ccc(C=O)cc5)cc4n(-c4ccc(C(F)(F)F)cc4)c3c2)cc1. The summed E-state index contributed by atoms with van der Waals surface area (Å²) in [6.07, 6.45) is -3.67. The van der Waals surface area contributed by atoms with Gasteiger partial charge in [0.05, 0.1) is 27.6 Å². The monoisotopic (exact) mass is 816 g/mol. The highest BCUT2D eigenvalue weighted by molar-refractivity contribution is 6.11. The van der Waals surface area contributed by atoms with E-state index in [2.05, 4.69) is 118 Å². The minimum atomic E-state index is -4.46. The van der Waals surface area contributed by atoms with Crippen LogP contribution in [-0.4, -0.2) is 15.4 Å². The number of carbonyl (C=O) groups excluding carboxylic acids is 1. The summed E-state index contributed by atoms with van der Waals surface area (Å²) in [6, 6.07) is 46.1. The van der Waals surface area contributed by atoms with Crippen LogP contribution in [0.25, 0.3) is 55.0 Å². The molecule has 304 valence electrons. The Bertz CT molecular complexity index is 3270. The highest BCUT2D eigenvalue weighted by Gasteiger charge is 2.30. The number of benzene rings is 7. The van der Waals surface area contributed by atoms with Gasteiger partial charge in [-0.15, -0.1) is 0 Å². The molecule has 6 heteroatoms. The Morgan fingerprint density at radius 3 is 1.19 bits per heavy atom. The van der Waals surface area contributed by atoms with Crippen molar-refractivity contribution in [2.24, 2.45) is 0 Å². The maximum absolute atomic E-state index is 13.6. The Labute approximate surface area is 359 Å². The van der Waals surface area contributed by atoms with Crippen LogP contribution in [0.3, 0.4) is 0 Å². The molecule has 0 atom stereocenters. The average Bonchev–Trinajstić information content (AvgIpc) is 3.75. The van der Waals surface area contributed by atoms with Gasteiger partial charge in [-0.25, -0.2) is 0 Å². The van der Waals surface area contributed by atoms with Crippen LogP contribution in [0.1, 0.15) is 90.8 Å². The molecule has 0 fully saturated rings. The van der Waals surface area contributed by atoms with Gasteiger partial charge in [0.15, 0.2) is 0 Å². The molecule has 2 heterocycles. The van der Waals surface area contributed by atoms with E-state index >= 15 is 0 Å². The molecular formula is C56H43F3N2O. The molecule has 2 aromatic heterocycles. The summed E-state index contributed by atoms with van der Waals surface area (Å²) < 4.78 is 45.2. The standard InChI is InChI=1S/C56H43F3N2O/c1-54(2,3)42-21-29-50-48(33-42)49-34-43(55(4,5)6)22-30-51(49)60(50)44-23-15-37(16-24-44)8-12-39-18-28-47-46-27-17-38(11-7-36-9-13-40(35-62)14-10-36)31-52(46)61(53(47)32-39)45-25-19-41(20-26-45)56(57,58)59/h9-10,13-35H,1-6H3. The zero-order chi connectivity index (χ0) is 43.6. The Kier molecular flexibility index (Phi) is 9.72. The second-order valence-corrected chi connectivity index (χ2v) is 17.9. The lowest BCUT2D eigenvalue weighted by Gasteiger charge is -2.19. The Balaban J connectivity index is 1.10. The van der Waals surface area contributed by atoms with Gasteiger partial charge in [-0.2, -0.15) is 13.2 Å². The van der Waals surface area contributed by atoms with Crippen molar-refractivity contribution in [2.75, 3.05) is 0 Å². The largest absolute Gasteiger partial charge is 0.416 e. The van der Waals surface area contributed by atoms with Gasteiger partial charge in [0.25, 0.3) is 0 Å². The number of aldehydes is 1. The topological polar surface area (TPSA) is 26.9 Å². The molecule has 7 aromatic carbocycles. The van der Waals surface area contributed by atoms with Gasteiger partial charge in [-0.3, -0.25) is 4.79 Å². The summed E-state index contributed by atoms with van der Waals surface area (Å²) in [5, 5.41) is 4.34. The van der Waals surface area contributed by atoms with Crippen LogP contribution in [0, 0.1) is 23.7 Å². The van der Waals surface area contributed by atoms with Crippen molar-refractivity contribution in [3.05, 3.63) is 190 Å². The zero-order valence-corrected chi connectivity index (χ0v) is 35.4. The smallest absolute Gasteiger partial charge is 0.309 e. The first-order valence-corrected chi connectivity index (χ1v) is 20.6. The summed E-state index contributed by atoms with van der Waals surface area (Å²) >= 11 is 0. The lowest BCUT2D eigenvalue weighted by Crippen LogP contribution is -2.10. The van der Waals surface area contributed by atoms with E-state index < -0.39 is 11.7 Å². The van der Waals surface area contributed by atoms with Gasteiger partial charge in [0, 0.05) is 60.7 Å². The summed E-state index contributed by atoms with van der Waals surface area (Å²) in [7, 11) is 0. The van der Waals surface area contributed by atoms with E-state index in [9.17, 15) is 18.0 Å². The van der Waals surface area contributed by atoms with Crippen LogP contribution < -0.4 is 0 Å². The molecule has 62 heavy (non-hydrogen) atoms. The van der Waals surface area contributed by atoms with Crippen LogP contribution in [0.4, 0.5) is 13.2 Å². The van der Waals surface area contributed by atoms with Crippen molar-refractivity contribution in [1.82, 2.24) is 9.13 Å². The molecule has 0 aliphatic heterocycles. The molecule has 0 radical (unpaired) electrons. The molecule has 0 aliphatic rings. The van der Waals surface area contributed by atoms with Gasteiger partial charge in [-0.05, 0) is 131 Å². The summed E-state index contributed by atoms with van der Waals surface area (Å²) in [6.45, 7) is 13.5. The number of halogens is 3. The van der Waals surface area contributed by atoms with Crippen LogP contribution in [0.15, 0.2) is 146 Å². The highest BCUT2D eigenvalue weighted by Crippen LogP contribution is 2.38. The number of aromatic nitrogens is 2. The van der Waals surface area contributed by atoms with E-state index in [1.165, 1.54) is 34.0 Å². The average molecular weight is 817 g/mol. The molecule has 0 spiro atoms. The van der Waals surface area contributed by atoms with Gasteiger partial charge in [-0.1, -0.05) is 102 Å². The van der Waals surface area contributed by atoms with Crippen molar-refractivity contribution in [2.45, 2.75) is 58.5 Å². The molecule has 0 N–H and O–H groups in total. The number of fused-ring (bicyclic) bond motifs is 6. The summed E-state index contributed by atoms with van der Waals surface area (Å²) in [5.74, 6) is 13.1. The quantitative estimate of drug-likeness (QED) is 0.129. The molecule has 0 unspecified atom stereocenters. The fourth-order valence-electron chi connectivity index (χ4n) is 8.11. The first kappa shape index (κ1) is 40.1. The van der Waals surface area contributed by atoms with Crippen molar-refractivity contribution in [1.29, 1.82) is 0 Å². The van der Waals surface area contributed by atoms with Gasteiger partial charge in [0.2, 0.25) is 0 Å². The number of hydrogen-bond donors (Lipinski definition) is 0. The number of rotatable bonds is 3. The highest BCUT2D eigenvalue weighted by atomic mass is 19.4.